The fourth-order valence-corrected chi connectivity index (χ4v) is 3.09. The van der Waals surface area contributed by atoms with Gasteiger partial charge in [0, 0.05) is 12.1 Å². The number of carbonyl (C=O) groups excluding carboxylic acids is 3. The molecule has 1 aliphatic carbocycles. The van der Waals surface area contributed by atoms with E-state index in [0.29, 0.717) is 23.4 Å². The zero-order valence-electron chi connectivity index (χ0n) is 16.5. The van der Waals surface area contributed by atoms with Crippen molar-refractivity contribution in [1.29, 1.82) is 0 Å². The summed E-state index contributed by atoms with van der Waals surface area (Å²) in [5, 5.41) is 2.97. The second-order valence-corrected chi connectivity index (χ2v) is 7.72. The fraction of sp³-hybridized carbons (Fsp3) is 0.500. The Labute approximate surface area is 161 Å². The number of Topliss-reactive ketones (excluding diaryl/α,β-unsaturated/α-hetero) is 2. The van der Waals surface area contributed by atoms with E-state index in [1.165, 1.54) is 0 Å². The van der Waals surface area contributed by atoms with Crippen molar-refractivity contribution in [3.05, 3.63) is 42.0 Å². The molecule has 0 amide bonds. The molecular formula is C22H29NO4. The molecule has 1 atom stereocenters. The highest BCUT2D eigenvalue weighted by Gasteiger charge is 2.42. The maximum Gasteiger partial charge on any atom is 0.338 e. The molecule has 0 spiro atoms. The average Bonchev–Trinajstić information content (AvgIpc) is 2.63. The maximum absolute atomic E-state index is 12.5. The first kappa shape index (κ1) is 20.9. The Morgan fingerprint density at radius 1 is 1.19 bits per heavy atom. The number of unbranched alkanes of at least 4 members (excludes halogenated alkanes) is 3. The van der Waals surface area contributed by atoms with Gasteiger partial charge in [-0.25, -0.2) is 4.79 Å². The Morgan fingerprint density at radius 2 is 1.85 bits per heavy atom. The summed E-state index contributed by atoms with van der Waals surface area (Å²) >= 11 is 0. The predicted molar refractivity (Wildman–Crippen MR) is 106 cm³/mol. The molecule has 146 valence electrons. The van der Waals surface area contributed by atoms with E-state index in [-0.39, 0.29) is 24.0 Å². The fourth-order valence-electron chi connectivity index (χ4n) is 3.09. The van der Waals surface area contributed by atoms with Crippen LogP contribution in [0.15, 0.2) is 36.4 Å². The third-order valence-corrected chi connectivity index (χ3v) is 4.98. The van der Waals surface area contributed by atoms with Crippen LogP contribution in [0.4, 0.5) is 5.69 Å². The summed E-state index contributed by atoms with van der Waals surface area (Å²) in [6.45, 7) is 10.1. The van der Waals surface area contributed by atoms with Gasteiger partial charge in [-0.05, 0) is 41.7 Å². The third kappa shape index (κ3) is 5.28. The van der Waals surface area contributed by atoms with Crippen molar-refractivity contribution in [2.24, 2.45) is 5.41 Å². The summed E-state index contributed by atoms with van der Waals surface area (Å²) in [5.41, 5.74) is 1.01. The lowest BCUT2D eigenvalue weighted by molar-refractivity contribution is -0.130. The summed E-state index contributed by atoms with van der Waals surface area (Å²) in [5.74, 6) is -0.780. The summed E-state index contributed by atoms with van der Waals surface area (Å²) in [6.07, 6.45) is 4.47. The lowest BCUT2D eigenvalue weighted by atomic mass is 9.71. The van der Waals surface area contributed by atoms with Gasteiger partial charge in [-0.1, -0.05) is 46.6 Å². The van der Waals surface area contributed by atoms with Crippen LogP contribution < -0.4 is 5.32 Å². The summed E-state index contributed by atoms with van der Waals surface area (Å²) in [7, 11) is 0. The molecule has 5 nitrogen and oxygen atoms in total. The minimum Gasteiger partial charge on any atom is -0.462 e. The number of rotatable bonds is 8. The van der Waals surface area contributed by atoms with E-state index in [1.807, 2.05) is 13.8 Å². The van der Waals surface area contributed by atoms with E-state index in [2.05, 4.69) is 18.8 Å². The van der Waals surface area contributed by atoms with Crippen LogP contribution >= 0.6 is 0 Å². The first-order chi connectivity index (χ1) is 12.8. The van der Waals surface area contributed by atoms with Gasteiger partial charge in [0.1, 0.15) is 6.04 Å². The number of benzene rings is 1. The van der Waals surface area contributed by atoms with E-state index in [4.69, 9.17) is 4.74 Å². The van der Waals surface area contributed by atoms with Crippen LogP contribution in [0.1, 0.15) is 63.2 Å². The van der Waals surface area contributed by atoms with Crippen LogP contribution in [0, 0.1) is 5.41 Å². The van der Waals surface area contributed by atoms with Crippen molar-refractivity contribution in [2.45, 2.75) is 58.9 Å². The quantitative estimate of drug-likeness (QED) is 0.319. The molecule has 1 unspecified atom stereocenters. The summed E-state index contributed by atoms with van der Waals surface area (Å²) in [4.78, 5) is 36.8. The normalized spacial score (nSPS) is 19.1. The van der Waals surface area contributed by atoms with Gasteiger partial charge in [-0.2, -0.15) is 0 Å². The largest absolute Gasteiger partial charge is 0.462 e. The molecule has 5 heteroatoms. The Balaban J connectivity index is 1.93. The number of hydrogen-bond donors (Lipinski definition) is 1. The molecule has 1 saturated carbocycles. The Bertz CT molecular complexity index is 718. The topological polar surface area (TPSA) is 72.5 Å². The highest BCUT2D eigenvalue weighted by atomic mass is 16.5. The van der Waals surface area contributed by atoms with Crippen molar-refractivity contribution in [2.75, 3.05) is 11.9 Å². The highest BCUT2D eigenvalue weighted by molar-refractivity contribution is 6.18. The zero-order valence-corrected chi connectivity index (χ0v) is 16.5. The predicted octanol–water partition coefficient (Wildman–Crippen LogP) is 4.33. The van der Waals surface area contributed by atoms with Gasteiger partial charge >= 0.3 is 5.97 Å². The molecule has 0 aromatic heterocycles. The van der Waals surface area contributed by atoms with Gasteiger partial charge in [0.15, 0.2) is 11.6 Å². The molecule has 0 aliphatic heterocycles. The van der Waals surface area contributed by atoms with E-state index < -0.39 is 11.5 Å². The highest BCUT2D eigenvalue weighted by Crippen LogP contribution is 2.36. The van der Waals surface area contributed by atoms with Gasteiger partial charge in [0.05, 0.1) is 12.2 Å². The number of ether oxygens (including phenoxy) is 1. The second-order valence-electron chi connectivity index (χ2n) is 7.72. The lowest BCUT2D eigenvalue weighted by Crippen LogP contribution is -2.47. The zero-order chi connectivity index (χ0) is 20.0. The smallest absolute Gasteiger partial charge is 0.338 e. The average molecular weight is 371 g/mol. The molecule has 0 heterocycles. The molecule has 0 saturated heterocycles. The Kier molecular flexibility index (Phi) is 6.94. The molecule has 1 aromatic carbocycles. The monoisotopic (exact) mass is 371 g/mol. The number of ketones is 2. The van der Waals surface area contributed by atoms with Crippen LogP contribution in [-0.4, -0.2) is 30.2 Å². The number of esters is 1. The molecular weight excluding hydrogens is 342 g/mol. The van der Waals surface area contributed by atoms with Gasteiger partial charge < -0.3 is 10.1 Å². The number of nitrogens with one attached hydrogen (secondary N) is 1. The van der Waals surface area contributed by atoms with Crippen molar-refractivity contribution in [3.8, 4) is 0 Å². The van der Waals surface area contributed by atoms with Crippen LogP contribution in [0.25, 0.3) is 0 Å². The molecule has 1 aromatic rings. The summed E-state index contributed by atoms with van der Waals surface area (Å²) < 4.78 is 5.26. The van der Waals surface area contributed by atoms with Gasteiger partial charge in [-0.15, -0.1) is 0 Å². The van der Waals surface area contributed by atoms with E-state index in [1.54, 1.807) is 24.3 Å². The standard InChI is InChI=1S/C22H29NO4/c1-5-6-7-8-13-27-21(26)16-9-11-17(12-10-16)23-19-18(24)14-22(3,4)15(2)20(19)25/h9-12,19,23H,2,5-8,13-14H2,1,3-4H3. The number of hydrogen-bond acceptors (Lipinski definition) is 5. The van der Waals surface area contributed by atoms with Crippen molar-refractivity contribution < 1.29 is 19.1 Å². The van der Waals surface area contributed by atoms with Crippen molar-refractivity contribution in [3.63, 3.8) is 0 Å². The Morgan fingerprint density at radius 3 is 2.48 bits per heavy atom. The minimum atomic E-state index is -0.915. The van der Waals surface area contributed by atoms with Crippen molar-refractivity contribution >= 4 is 23.2 Å². The minimum absolute atomic E-state index is 0.145. The molecule has 27 heavy (non-hydrogen) atoms. The van der Waals surface area contributed by atoms with Crippen LogP contribution in [0.5, 0.6) is 0 Å². The molecule has 0 bridgehead atoms. The second kappa shape index (κ2) is 8.98. The van der Waals surface area contributed by atoms with E-state index in [9.17, 15) is 14.4 Å². The number of anilines is 1. The lowest BCUT2D eigenvalue weighted by Gasteiger charge is -2.34. The molecule has 2 rings (SSSR count). The third-order valence-electron chi connectivity index (χ3n) is 4.98. The van der Waals surface area contributed by atoms with E-state index >= 15 is 0 Å². The van der Waals surface area contributed by atoms with Crippen LogP contribution in [-0.2, 0) is 14.3 Å². The summed E-state index contributed by atoms with van der Waals surface area (Å²) in [6, 6.07) is 5.70. The maximum atomic E-state index is 12.5. The Hall–Kier alpha value is -2.43. The number of carbonyl (C=O) groups is 3. The van der Waals surface area contributed by atoms with Crippen LogP contribution in [0.3, 0.4) is 0 Å². The van der Waals surface area contributed by atoms with Gasteiger partial charge in [0.25, 0.3) is 0 Å². The van der Waals surface area contributed by atoms with Gasteiger partial charge in [-0.3, -0.25) is 9.59 Å². The molecule has 1 N–H and O–H groups in total. The SMILES string of the molecule is C=C1C(=O)C(Nc2ccc(C(=O)OCCCCCC)cc2)C(=O)CC1(C)C. The first-order valence-corrected chi connectivity index (χ1v) is 9.56. The van der Waals surface area contributed by atoms with Crippen LogP contribution in [0.2, 0.25) is 0 Å². The molecule has 1 fully saturated rings. The molecule has 0 radical (unpaired) electrons. The van der Waals surface area contributed by atoms with Gasteiger partial charge in [0.2, 0.25) is 0 Å². The van der Waals surface area contributed by atoms with E-state index in [0.717, 1.165) is 25.7 Å². The van der Waals surface area contributed by atoms with Crippen molar-refractivity contribution in [1.82, 2.24) is 0 Å². The molecule has 1 aliphatic rings. The first-order valence-electron chi connectivity index (χ1n) is 9.56.